The molecule has 2 rings (SSSR count). The molecule has 0 aliphatic heterocycles. The average molecular weight is 372 g/mol. The molecule has 0 saturated carbocycles. The van der Waals surface area contributed by atoms with Gasteiger partial charge in [0.2, 0.25) is 6.10 Å². The number of benzene rings is 2. The number of nitrogens with zero attached hydrogens (tertiary/aromatic N) is 2. The Morgan fingerprint density at radius 2 is 2.00 bits per heavy atom. The van der Waals surface area contributed by atoms with Gasteiger partial charge in [0.15, 0.2) is 0 Å². The quantitative estimate of drug-likeness (QED) is 0.601. The van der Waals surface area contributed by atoms with Crippen molar-refractivity contribution in [2.24, 2.45) is 5.16 Å². The van der Waals surface area contributed by atoms with E-state index in [-0.39, 0.29) is 5.69 Å². The van der Waals surface area contributed by atoms with Crippen molar-refractivity contribution in [1.82, 2.24) is 0 Å². The SMILES string of the molecule is CC(O/N=C/C(=O)Nc1ccc(F)cc1F)C(=O)Nc1cccc(C#N)c1. The molecule has 0 spiro atoms. The fourth-order valence-electron chi connectivity index (χ4n) is 1.88. The van der Waals surface area contributed by atoms with Gasteiger partial charge in [-0.25, -0.2) is 8.78 Å². The molecule has 2 aromatic rings. The predicted molar refractivity (Wildman–Crippen MR) is 93.8 cm³/mol. The average Bonchev–Trinajstić information content (AvgIpc) is 2.64. The molecule has 1 atom stereocenters. The second-order valence-corrected chi connectivity index (χ2v) is 5.28. The fourth-order valence-corrected chi connectivity index (χ4v) is 1.88. The van der Waals surface area contributed by atoms with Crippen molar-refractivity contribution in [3.05, 3.63) is 59.7 Å². The van der Waals surface area contributed by atoms with Crippen LogP contribution in [0.1, 0.15) is 12.5 Å². The molecule has 0 aliphatic carbocycles. The predicted octanol–water partition coefficient (Wildman–Crippen LogP) is 2.80. The summed E-state index contributed by atoms with van der Waals surface area (Å²) in [5.41, 5.74) is 0.558. The van der Waals surface area contributed by atoms with Gasteiger partial charge in [-0.2, -0.15) is 5.26 Å². The Labute approximate surface area is 153 Å². The number of halogens is 2. The molecule has 0 bridgehead atoms. The molecule has 0 aliphatic rings. The van der Waals surface area contributed by atoms with Gasteiger partial charge in [0.1, 0.15) is 17.8 Å². The van der Waals surface area contributed by atoms with Gasteiger partial charge >= 0.3 is 0 Å². The van der Waals surface area contributed by atoms with Gasteiger partial charge < -0.3 is 15.5 Å². The maximum Gasteiger partial charge on any atom is 0.270 e. The summed E-state index contributed by atoms with van der Waals surface area (Å²) in [6.07, 6.45) is -0.328. The number of carbonyl (C=O) groups excluding carboxylic acids is 2. The van der Waals surface area contributed by atoms with Crippen molar-refractivity contribution in [1.29, 1.82) is 5.26 Å². The first-order valence-corrected chi connectivity index (χ1v) is 7.65. The van der Waals surface area contributed by atoms with Crippen molar-refractivity contribution >= 4 is 29.4 Å². The summed E-state index contributed by atoms with van der Waals surface area (Å²) in [6.45, 7) is 1.40. The lowest BCUT2D eigenvalue weighted by molar-refractivity contribution is -0.126. The third kappa shape index (κ3) is 5.89. The van der Waals surface area contributed by atoms with Crippen molar-refractivity contribution < 1.29 is 23.2 Å². The van der Waals surface area contributed by atoms with E-state index >= 15 is 0 Å². The Morgan fingerprint density at radius 1 is 1.22 bits per heavy atom. The van der Waals surface area contributed by atoms with E-state index in [1.807, 2.05) is 6.07 Å². The minimum atomic E-state index is -1.04. The molecule has 0 radical (unpaired) electrons. The molecule has 1 unspecified atom stereocenters. The normalized spacial score (nSPS) is 11.5. The standard InChI is InChI=1S/C18H14F2N4O3/c1-11(18(26)23-14-4-2-3-12(7-14)9-21)27-22-10-17(25)24-16-6-5-13(19)8-15(16)20/h2-8,10-11H,1H3,(H,23,26)(H,24,25)/b22-10+. The number of hydrogen-bond acceptors (Lipinski definition) is 5. The van der Waals surface area contributed by atoms with Gasteiger partial charge in [0.25, 0.3) is 11.8 Å². The number of oxime groups is 1. The van der Waals surface area contributed by atoms with Gasteiger partial charge in [-0.3, -0.25) is 9.59 Å². The maximum atomic E-state index is 13.4. The third-order valence-electron chi connectivity index (χ3n) is 3.21. The van der Waals surface area contributed by atoms with E-state index in [9.17, 15) is 18.4 Å². The molecule has 2 aromatic carbocycles. The lowest BCUT2D eigenvalue weighted by Crippen LogP contribution is -2.26. The van der Waals surface area contributed by atoms with Crippen molar-refractivity contribution in [3.8, 4) is 6.07 Å². The van der Waals surface area contributed by atoms with Crippen LogP contribution in [0.3, 0.4) is 0 Å². The minimum absolute atomic E-state index is 0.226. The van der Waals surface area contributed by atoms with Gasteiger partial charge in [-0.15, -0.1) is 0 Å². The highest BCUT2D eigenvalue weighted by atomic mass is 19.1. The highest BCUT2D eigenvalue weighted by molar-refractivity contribution is 6.31. The van der Waals surface area contributed by atoms with Crippen LogP contribution in [0.25, 0.3) is 0 Å². The van der Waals surface area contributed by atoms with Crippen LogP contribution in [0, 0.1) is 23.0 Å². The number of amides is 2. The van der Waals surface area contributed by atoms with Crippen LogP contribution in [0.5, 0.6) is 0 Å². The highest BCUT2D eigenvalue weighted by Gasteiger charge is 2.14. The van der Waals surface area contributed by atoms with Gasteiger partial charge in [0, 0.05) is 11.8 Å². The molecule has 0 aromatic heterocycles. The first-order chi connectivity index (χ1) is 12.9. The fraction of sp³-hybridized carbons (Fsp3) is 0.111. The van der Waals surface area contributed by atoms with E-state index in [1.165, 1.54) is 13.0 Å². The molecule has 27 heavy (non-hydrogen) atoms. The lowest BCUT2D eigenvalue weighted by atomic mass is 10.2. The van der Waals surface area contributed by atoms with E-state index in [0.29, 0.717) is 23.5 Å². The summed E-state index contributed by atoms with van der Waals surface area (Å²) in [6, 6.07) is 10.9. The zero-order chi connectivity index (χ0) is 19.8. The lowest BCUT2D eigenvalue weighted by Gasteiger charge is -2.10. The minimum Gasteiger partial charge on any atom is -0.383 e. The van der Waals surface area contributed by atoms with Crippen LogP contribution >= 0.6 is 0 Å². The summed E-state index contributed by atoms with van der Waals surface area (Å²) in [5, 5.41) is 16.9. The Hall–Kier alpha value is -3.80. The maximum absolute atomic E-state index is 13.4. The van der Waals surface area contributed by atoms with Crippen LogP contribution < -0.4 is 10.6 Å². The van der Waals surface area contributed by atoms with E-state index in [1.54, 1.807) is 18.2 Å². The molecule has 138 valence electrons. The number of nitrogens with one attached hydrogen (secondary N) is 2. The van der Waals surface area contributed by atoms with Gasteiger partial charge in [0.05, 0.1) is 17.3 Å². The summed E-state index contributed by atoms with van der Waals surface area (Å²) in [5.74, 6) is -3.09. The molecule has 7 nitrogen and oxygen atoms in total. The first kappa shape index (κ1) is 19.5. The second kappa shape index (κ2) is 9.05. The smallest absolute Gasteiger partial charge is 0.270 e. The Morgan fingerprint density at radius 3 is 2.70 bits per heavy atom. The summed E-state index contributed by atoms with van der Waals surface area (Å²) >= 11 is 0. The largest absolute Gasteiger partial charge is 0.383 e. The molecule has 0 saturated heterocycles. The summed E-state index contributed by atoms with van der Waals surface area (Å²) in [7, 11) is 0. The molecule has 2 N–H and O–H groups in total. The molecule has 0 heterocycles. The second-order valence-electron chi connectivity index (χ2n) is 5.28. The van der Waals surface area contributed by atoms with Crippen LogP contribution in [-0.4, -0.2) is 24.1 Å². The van der Waals surface area contributed by atoms with E-state index in [4.69, 9.17) is 10.1 Å². The number of anilines is 2. The summed E-state index contributed by atoms with van der Waals surface area (Å²) < 4.78 is 26.2. The van der Waals surface area contributed by atoms with E-state index in [2.05, 4.69) is 15.8 Å². The topological polar surface area (TPSA) is 104 Å². The first-order valence-electron chi connectivity index (χ1n) is 7.65. The van der Waals surface area contributed by atoms with Crippen molar-refractivity contribution in [3.63, 3.8) is 0 Å². The molecule has 2 amide bonds. The number of carbonyl (C=O) groups is 2. The van der Waals surface area contributed by atoms with Crippen LogP contribution in [0.15, 0.2) is 47.6 Å². The van der Waals surface area contributed by atoms with Crippen LogP contribution in [0.2, 0.25) is 0 Å². The van der Waals surface area contributed by atoms with Crippen LogP contribution in [-0.2, 0) is 14.4 Å². The number of nitriles is 1. The van der Waals surface area contributed by atoms with Crippen LogP contribution in [0.4, 0.5) is 20.2 Å². The van der Waals surface area contributed by atoms with Gasteiger partial charge in [-0.05, 0) is 37.3 Å². The number of hydrogen-bond donors (Lipinski definition) is 2. The summed E-state index contributed by atoms with van der Waals surface area (Å²) in [4.78, 5) is 28.5. The molecular formula is C18H14F2N4O3. The monoisotopic (exact) mass is 372 g/mol. The molecular weight excluding hydrogens is 358 g/mol. The zero-order valence-corrected chi connectivity index (χ0v) is 14.1. The Balaban J connectivity index is 1.86. The van der Waals surface area contributed by atoms with E-state index in [0.717, 1.165) is 12.1 Å². The molecule has 0 fully saturated rings. The van der Waals surface area contributed by atoms with Crippen molar-refractivity contribution in [2.45, 2.75) is 13.0 Å². The Kier molecular flexibility index (Phi) is 6.55. The van der Waals surface area contributed by atoms with Gasteiger partial charge in [-0.1, -0.05) is 11.2 Å². The number of rotatable bonds is 6. The van der Waals surface area contributed by atoms with E-state index < -0.39 is 29.6 Å². The molecule has 9 heteroatoms. The van der Waals surface area contributed by atoms with Crippen molar-refractivity contribution in [2.75, 3.05) is 10.6 Å². The highest BCUT2D eigenvalue weighted by Crippen LogP contribution is 2.14. The zero-order valence-electron chi connectivity index (χ0n) is 14.1. The third-order valence-corrected chi connectivity index (χ3v) is 3.21. The Bertz CT molecular complexity index is 925.